The summed E-state index contributed by atoms with van der Waals surface area (Å²) < 4.78 is 40.8. The average Bonchev–Trinajstić information content (AvgIpc) is 2.44. The first-order chi connectivity index (χ1) is 9.87. The fraction of sp³-hybridized carbons (Fsp3) is 0.143. The van der Waals surface area contributed by atoms with Gasteiger partial charge in [-0.1, -0.05) is 12.1 Å². The molecule has 112 valence electrons. The predicted molar refractivity (Wildman–Crippen MR) is 85.2 cm³/mol. The van der Waals surface area contributed by atoms with E-state index in [1.807, 2.05) is 0 Å². The minimum absolute atomic E-state index is 0.00704. The molecule has 0 bridgehead atoms. The molecule has 0 aromatic heterocycles. The van der Waals surface area contributed by atoms with Gasteiger partial charge in [-0.25, -0.2) is 12.8 Å². The summed E-state index contributed by atoms with van der Waals surface area (Å²) >= 11 is 3.20. The molecule has 2 aromatic carbocycles. The summed E-state index contributed by atoms with van der Waals surface area (Å²) in [6.45, 7) is 1.74. The molecule has 0 unspecified atom stereocenters. The predicted octanol–water partition coefficient (Wildman–Crippen LogP) is 3.39. The Labute approximate surface area is 131 Å². The zero-order chi connectivity index (χ0) is 15.6. The highest BCUT2D eigenvalue weighted by Gasteiger charge is 2.27. The molecule has 2 rings (SSSR count). The molecule has 2 N–H and O–H groups in total. The summed E-state index contributed by atoms with van der Waals surface area (Å²) in [5.41, 5.74) is 5.99. The van der Waals surface area contributed by atoms with E-state index in [0.29, 0.717) is 10.2 Å². The van der Waals surface area contributed by atoms with Crippen molar-refractivity contribution in [2.45, 2.75) is 11.8 Å². The number of rotatable bonds is 4. The zero-order valence-electron chi connectivity index (χ0n) is 11.3. The largest absolute Gasteiger partial charge is 0.399 e. The monoisotopic (exact) mass is 372 g/mol. The molecule has 0 spiro atoms. The van der Waals surface area contributed by atoms with Gasteiger partial charge in [0.15, 0.2) is 0 Å². The maximum absolute atomic E-state index is 13.9. The zero-order valence-corrected chi connectivity index (χ0v) is 13.7. The number of para-hydroxylation sites is 1. The van der Waals surface area contributed by atoms with Crippen molar-refractivity contribution in [2.75, 3.05) is 16.6 Å². The first kappa shape index (κ1) is 15.8. The molecule has 0 aliphatic carbocycles. The second kappa shape index (κ2) is 6.03. The third kappa shape index (κ3) is 3.03. The first-order valence-corrected chi connectivity index (χ1v) is 8.43. The lowest BCUT2D eigenvalue weighted by atomic mass is 10.3. The van der Waals surface area contributed by atoms with Crippen molar-refractivity contribution < 1.29 is 12.8 Å². The molecule has 0 saturated heterocycles. The molecule has 0 aliphatic heterocycles. The number of nitrogens with zero attached hydrogens (tertiary/aromatic N) is 1. The fourth-order valence-corrected chi connectivity index (χ4v) is 4.40. The summed E-state index contributed by atoms with van der Waals surface area (Å²) in [6, 6.07) is 10.2. The molecule has 0 saturated carbocycles. The van der Waals surface area contributed by atoms with Gasteiger partial charge in [0.05, 0.1) is 5.69 Å². The maximum Gasteiger partial charge on any atom is 0.265 e. The summed E-state index contributed by atoms with van der Waals surface area (Å²) in [5, 5.41) is 0. The molecule has 21 heavy (non-hydrogen) atoms. The van der Waals surface area contributed by atoms with Gasteiger partial charge in [-0.05, 0) is 53.2 Å². The maximum atomic E-state index is 13.9. The van der Waals surface area contributed by atoms with E-state index in [9.17, 15) is 12.8 Å². The summed E-state index contributed by atoms with van der Waals surface area (Å²) in [6.07, 6.45) is 0. The first-order valence-electron chi connectivity index (χ1n) is 6.20. The number of nitrogens with two attached hydrogens (primary N) is 1. The Hall–Kier alpha value is -1.60. The SMILES string of the molecule is CCN(c1ccccc1F)S(=O)(=O)c1cc(N)ccc1Br. The van der Waals surface area contributed by atoms with E-state index < -0.39 is 15.8 Å². The molecular formula is C14H14BrFN2O2S. The number of benzene rings is 2. The van der Waals surface area contributed by atoms with Crippen LogP contribution in [-0.4, -0.2) is 15.0 Å². The van der Waals surface area contributed by atoms with Crippen molar-refractivity contribution in [2.24, 2.45) is 0 Å². The number of nitrogen functional groups attached to an aromatic ring is 1. The molecule has 0 atom stereocenters. The van der Waals surface area contributed by atoms with Crippen LogP contribution >= 0.6 is 15.9 Å². The quantitative estimate of drug-likeness (QED) is 0.836. The lowest BCUT2D eigenvalue weighted by Gasteiger charge is -2.24. The van der Waals surface area contributed by atoms with E-state index in [1.54, 1.807) is 25.1 Å². The normalized spacial score (nSPS) is 11.4. The van der Waals surface area contributed by atoms with Crippen LogP contribution in [0.1, 0.15) is 6.92 Å². The van der Waals surface area contributed by atoms with Gasteiger partial charge in [-0.2, -0.15) is 0 Å². The lowest BCUT2D eigenvalue weighted by molar-refractivity contribution is 0.586. The molecule has 0 fully saturated rings. The second-order valence-electron chi connectivity index (χ2n) is 4.31. The molecule has 0 heterocycles. The van der Waals surface area contributed by atoms with Gasteiger partial charge in [0.25, 0.3) is 10.0 Å². The second-order valence-corrected chi connectivity index (χ2v) is 7.00. The number of hydrogen-bond acceptors (Lipinski definition) is 3. The van der Waals surface area contributed by atoms with Gasteiger partial charge in [0.2, 0.25) is 0 Å². The Kier molecular flexibility index (Phi) is 4.53. The van der Waals surface area contributed by atoms with Gasteiger partial charge < -0.3 is 5.73 Å². The average molecular weight is 373 g/mol. The Bertz CT molecular complexity index is 765. The summed E-state index contributed by atoms with van der Waals surface area (Å²) in [7, 11) is -3.91. The molecule has 0 amide bonds. The summed E-state index contributed by atoms with van der Waals surface area (Å²) in [5.74, 6) is -0.594. The van der Waals surface area contributed by atoms with Crippen LogP contribution in [-0.2, 0) is 10.0 Å². The number of halogens is 2. The van der Waals surface area contributed by atoms with Crippen LogP contribution in [0.5, 0.6) is 0 Å². The highest BCUT2D eigenvalue weighted by atomic mass is 79.9. The minimum Gasteiger partial charge on any atom is -0.399 e. The van der Waals surface area contributed by atoms with Crippen LogP contribution in [0.15, 0.2) is 51.8 Å². The molecular weight excluding hydrogens is 359 g/mol. The van der Waals surface area contributed by atoms with E-state index >= 15 is 0 Å². The molecule has 0 radical (unpaired) electrons. The van der Waals surface area contributed by atoms with Crippen LogP contribution in [0.25, 0.3) is 0 Å². The van der Waals surface area contributed by atoms with E-state index in [2.05, 4.69) is 15.9 Å². The highest BCUT2D eigenvalue weighted by molar-refractivity contribution is 9.10. The van der Waals surface area contributed by atoms with E-state index in [0.717, 1.165) is 4.31 Å². The standard InChI is InChI=1S/C14H14BrFN2O2S/c1-2-18(13-6-4-3-5-12(13)16)21(19,20)14-9-10(17)7-8-11(14)15/h3-9H,2,17H2,1H3. The molecule has 7 heteroatoms. The minimum atomic E-state index is -3.91. The van der Waals surface area contributed by atoms with Gasteiger partial charge in [0, 0.05) is 16.7 Å². The van der Waals surface area contributed by atoms with Crippen LogP contribution in [0.2, 0.25) is 0 Å². The Morgan fingerprint density at radius 1 is 1.24 bits per heavy atom. The van der Waals surface area contributed by atoms with Crippen molar-refractivity contribution >= 4 is 37.3 Å². The van der Waals surface area contributed by atoms with E-state index in [4.69, 9.17) is 5.73 Å². The van der Waals surface area contributed by atoms with Crippen molar-refractivity contribution in [3.05, 3.63) is 52.8 Å². The van der Waals surface area contributed by atoms with E-state index in [-0.39, 0.29) is 17.1 Å². The fourth-order valence-electron chi connectivity index (χ4n) is 1.96. The number of sulfonamides is 1. The van der Waals surface area contributed by atoms with Crippen LogP contribution in [0, 0.1) is 5.82 Å². The molecule has 4 nitrogen and oxygen atoms in total. The van der Waals surface area contributed by atoms with Crippen molar-refractivity contribution in [3.63, 3.8) is 0 Å². The molecule has 0 aliphatic rings. The van der Waals surface area contributed by atoms with Crippen molar-refractivity contribution in [1.29, 1.82) is 0 Å². The van der Waals surface area contributed by atoms with Gasteiger partial charge >= 0.3 is 0 Å². The lowest BCUT2D eigenvalue weighted by Crippen LogP contribution is -2.31. The highest BCUT2D eigenvalue weighted by Crippen LogP contribution is 2.31. The van der Waals surface area contributed by atoms with Crippen LogP contribution in [0.3, 0.4) is 0 Å². The third-order valence-electron chi connectivity index (χ3n) is 2.93. The van der Waals surface area contributed by atoms with Crippen LogP contribution in [0.4, 0.5) is 15.8 Å². The van der Waals surface area contributed by atoms with Gasteiger partial charge in [-0.3, -0.25) is 4.31 Å². The van der Waals surface area contributed by atoms with Crippen molar-refractivity contribution in [3.8, 4) is 0 Å². The topological polar surface area (TPSA) is 63.4 Å². The van der Waals surface area contributed by atoms with Crippen LogP contribution < -0.4 is 10.0 Å². The Morgan fingerprint density at radius 2 is 1.90 bits per heavy atom. The Morgan fingerprint density at radius 3 is 2.52 bits per heavy atom. The van der Waals surface area contributed by atoms with Crippen molar-refractivity contribution in [1.82, 2.24) is 0 Å². The van der Waals surface area contributed by atoms with Gasteiger partial charge in [-0.15, -0.1) is 0 Å². The Balaban J connectivity index is 2.61. The molecule has 2 aromatic rings. The third-order valence-corrected chi connectivity index (χ3v) is 5.81. The van der Waals surface area contributed by atoms with Gasteiger partial charge in [0.1, 0.15) is 10.7 Å². The number of anilines is 2. The smallest absolute Gasteiger partial charge is 0.265 e. The summed E-state index contributed by atoms with van der Waals surface area (Å²) in [4.78, 5) is 0.00704. The number of hydrogen-bond donors (Lipinski definition) is 1. The van der Waals surface area contributed by atoms with E-state index in [1.165, 1.54) is 24.3 Å².